The molecule has 0 bridgehead atoms. The zero-order valence-corrected chi connectivity index (χ0v) is 25.1. The zero-order chi connectivity index (χ0) is 31.8. The number of hydrogen-bond donors (Lipinski definition) is 5. The number of methoxy groups -OCH3 is 1. The molecule has 1 aromatic heterocycles. The van der Waals surface area contributed by atoms with Crippen LogP contribution in [0.5, 0.6) is 0 Å². The number of nitrogens with one attached hydrogen (secondary N) is 1. The first-order valence-electron chi connectivity index (χ1n) is 14.2. The summed E-state index contributed by atoms with van der Waals surface area (Å²) < 4.78 is 12.2. The van der Waals surface area contributed by atoms with Crippen molar-refractivity contribution in [3.8, 4) is 0 Å². The van der Waals surface area contributed by atoms with Crippen molar-refractivity contribution in [2.75, 3.05) is 27.8 Å². The molecule has 2 aromatic carbocycles. The first-order valence-corrected chi connectivity index (χ1v) is 14.2. The van der Waals surface area contributed by atoms with Crippen LogP contribution < -0.4 is 0 Å². The monoisotopic (exact) mass is 598 g/mol. The van der Waals surface area contributed by atoms with E-state index >= 15 is 0 Å². The zero-order valence-electron chi connectivity index (χ0n) is 25.1. The average molecular weight is 599 g/mol. The fraction of sp³-hybridized carbons (Fsp3) is 0.469. The summed E-state index contributed by atoms with van der Waals surface area (Å²) in [6, 6.07) is 19.5. The second kappa shape index (κ2) is 14.1. The molecule has 3 aromatic rings. The van der Waals surface area contributed by atoms with Crippen LogP contribution >= 0.6 is 0 Å². The summed E-state index contributed by atoms with van der Waals surface area (Å²) in [5.74, 6) is -5.02. The molecule has 0 aliphatic heterocycles. The number of ether oxygens (including phenoxy) is 2. The van der Waals surface area contributed by atoms with Crippen molar-refractivity contribution in [3.05, 3.63) is 71.4 Å². The highest BCUT2D eigenvalue weighted by molar-refractivity contribution is 5.88. The number of rotatable bonds is 12. The molecule has 1 saturated carbocycles. The molecular weight excluding hydrogens is 556 g/mol. The van der Waals surface area contributed by atoms with Gasteiger partial charge in [-0.15, -0.1) is 0 Å². The van der Waals surface area contributed by atoms with Crippen molar-refractivity contribution >= 4 is 28.8 Å². The molecule has 4 rings (SSSR count). The third-order valence-corrected chi connectivity index (χ3v) is 8.32. The van der Waals surface area contributed by atoms with E-state index in [1.54, 1.807) is 7.11 Å². The van der Waals surface area contributed by atoms with Crippen molar-refractivity contribution in [1.29, 1.82) is 0 Å². The quantitative estimate of drug-likeness (QED) is 0.202. The van der Waals surface area contributed by atoms with E-state index in [0.717, 1.165) is 31.2 Å². The Balaban J connectivity index is 0.000000331. The van der Waals surface area contributed by atoms with Crippen LogP contribution in [0.15, 0.2) is 54.6 Å². The van der Waals surface area contributed by atoms with E-state index < -0.39 is 36.4 Å². The van der Waals surface area contributed by atoms with E-state index in [4.69, 9.17) is 29.9 Å². The van der Waals surface area contributed by atoms with Crippen LogP contribution in [0.1, 0.15) is 62.3 Å². The molecule has 0 saturated heterocycles. The Kier molecular flexibility index (Phi) is 11.1. The number of benzene rings is 2. The van der Waals surface area contributed by atoms with Crippen molar-refractivity contribution in [2.45, 2.75) is 68.8 Å². The van der Waals surface area contributed by atoms with Crippen LogP contribution in [0.2, 0.25) is 0 Å². The van der Waals surface area contributed by atoms with E-state index in [2.05, 4.69) is 85.5 Å². The van der Waals surface area contributed by atoms with Crippen molar-refractivity contribution in [2.24, 2.45) is 0 Å². The van der Waals surface area contributed by atoms with Gasteiger partial charge in [0.1, 0.15) is 5.60 Å². The number of aromatic nitrogens is 1. The minimum absolute atomic E-state index is 0.0370. The molecular formula is C32H42N2O9. The summed E-state index contributed by atoms with van der Waals surface area (Å²) in [5.41, 5.74) is 1.98. The molecule has 11 nitrogen and oxygen atoms in total. The van der Waals surface area contributed by atoms with Crippen LogP contribution in [0.4, 0.5) is 0 Å². The molecule has 0 amide bonds. The summed E-state index contributed by atoms with van der Waals surface area (Å²) in [6.45, 7) is 3.39. The number of carboxylic acids is 3. The van der Waals surface area contributed by atoms with Crippen molar-refractivity contribution in [1.82, 2.24) is 9.88 Å². The van der Waals surface area contributed by atoms with Gasteiger partial charge < -0.3 is 34.9 Å². The molecule has 0 spiro atoms. The highest BCUT2D eigenvalue weighted by Crippen LogP contribution is 2.51. The van der Waals surface area contributed by atoms with Gasteiger partial charge in [-0.1, -0.05) is 48.5 Å². The minimum Gasteiger partial charge on any atom is -0.481 e. The smallest absolute Gasteiger partial charge is 0.336 e. The predicted octanol–water partition coefficient (Wildman–Crippen LogP) is 4.33. The van der Waals surface area contributed by atoms with Gasteiger partial charge in [-0.3, -0.25) is 14.5 Å². The average Bonchev–Trinajstić information content (AvgIpc) is 3.33. The lowest BCUT2D eigenvalue weighted by molar-refractivity contribution is -0.170. The molecule has 1 aliphatic rings. The van der Waals surface area contributed by atoms with Crippen LogP contribution in [0.25, 0.3) is 10.9 Å². The maximum Gasteiger partial charge on any atom is 0.336 e. The second-order valence-corrected chi connectivity index (χ2v) is 11.2. The molecule has 1 heterocycles. The number of para-hydroxylation sites is 1. The Morgan fingerprint density at radius 2 is 1.47 bits per heavy atom. The Hall–Kier alpha value is -3.77. The largest absolute Gasteiger partial charge is 0.481 e. The van der Waals surface area contributed by atoms with E-state index in [-0.39, 0.29) is 11.1 Å². The highest BCUT2D eigenvalue weighted by atomic mass is 16.5. The van der Waals surface area contributed by atoms with E-state index in [0.29, 0.717) is 13.2 Å². The van der Waals surface area contributed by atoms with Crippen LogP contribution in [-0.4, -0.2) is 81.6 Å². The molecule has 1 fully saturated rings. The molecule has 0 radical (unpaired) electrons. The number of carboxylic acid groups (broad SMARTS) is 3. The molecule has 0 unspecified atom stereocenters. The van der Waals surface area contributed by atoms with E-state index in [1.165, 1.54) is 22.2 Å². The molecule has 1 aliphatic carbocycles. The Morgan fingerprint density at radius 1 is 0.907 bits per heavy atom. The number of nitrogens with zero attached hydrogens (tertiary/aromatic N) is 1. The van der Waals surface area contributed by atoms with Crippen LogP contribution in [-0.2, 0) is 41.6 Å². The maximum atomic E-state index is 10.3. The molecule has 43 heavy (non-hydrogen) atoms. The molecule has 5 N–H and O–H groups in total. The van der Waals surface area contributed by atoms with Gasteiger partial charge in [0.25, 0.3) is 0 Å². The molecule has 11 heteroatoms. The van der Waals surface area contributed by atoms with Crippen molar-refractivity contribution < 1.29 is 44.3 Å². The number of aliphatic carboxylic acids is 3. The van der Waals surface area contributed by atoms with Gasteiger partial charge in [0.15, 0.2) is 5.60 Å². The van der Waals surface area contributed by atoms with Gasteiger partial charge >= 0.3 is 17.9 Å². The Labute approximate surface area is 251 Å². The highest BCUT2D eigenvalue weighted by Gasteiger charge is 2.48. The minimum atomic E-state index is -2.74. The molecule has 0 atom stereocenters. The summed E-state index contributed by atoms with van der Waals surface area (Å²) in [5, 5.41) is 35.0. The number of carbonyl (C=O) groups is 3. The van der Waals surface area contributed by atoms with Gasteiger partial charge in [0.2, 0.25) is 0 Å². The lowest BCUT2D eigenvalue weighted by atomic mass is 9.68. The number of H-pyrrole nitrogens is 1. The standard InChI is InChI=1S/C26H34N2O2.C6H8O7/c1-5-30-26(24-22(19-29-4)21-13-9-10-14-23(21)27-24)17-15-25(16-18-26,28(2)3)20-11-7-6-8-12-20;7-3(8)1-6(13,5(11)12)2-4(9)10/h6-14,27H,5,15-19H2,1-4H3;13H,1-2H2,(H,7,8)(H,9,10)(H,11,12). The lowest BCUT2D eigenvalue weighted by Crippen LogP contribution is -2.49. The number of aromatic amines is 1. The van der Waals surface area contributed by atoms with Gasteiger partial charge in [-0.2, -0.15) is 0 Å². The van der Waals surface area contributed by atoms with Crippen LogP contribution in [0.3, 0.4) is 0 Å². The maximum absolute atomic E-state index is 10.3. The first-order chi connectivity index (χ1) is 20.3. The van der Waals surface area contributed by atoms with Gasteiger partial charge in [-0.25, -0.2) is 4.79 Å². The van der Waals surface area contributed by atoms with Gasteiger partial charge in [-0.05, 0) is 58.3 Å². The number of fused-ring (bicyclic) bond motifs is 1. The fourth-order valence-electron chi connectivity index (χ4n) is 6.15. The lowest BCUT2D eigenvalue weighted by Gasteiger charge is -2.50. The van der Waals surface area contributed by atoms with Crippen LogP contribution in [0, 0.1) is 0 Å². The summed E-state index contributed by atoms with van der Waals surface area (Å²) in [7, 11) is 6.19. The summed E-state index contributed by atoms with van der Waals surface area (Å²) in [4.78, 5) is 36.6. The summed E-state index contributed by atoms with van der Waals surface area (Å²) >= 11 is 0. The fourth-order valence-corrected chi connectivity index (χ4v) is 6.15. The first kappa shape index (κ1) is 33.7. The van der Waals surface area contributed by atoms with E-state index in [1.807, 2.05) is 0 Å². The Bertz CT molecular complexity index is 1380. The molecule has 234 valence electrons. The predicted molar refractivity (Wildman–Crippen MR) is 160 cm³/mol. The van der Waals surface area contributed by atoms with E-state index in [9.17, 15) is 14.4 Å². The SMILES string of the molecule is CCOC1(c2[nH]c3ccccc3c2COC)CCC(c2ccccc2)(N(C)C)CC1.O=C(O)CC(O)(CC(=O)O)C(=O)O. The summed E-state index contributed by atoms with van der Waals surface area (Å²) in [6.07, 6.45) is 1.75. The number of hydrogen-bond acceptors (Lipinski definition) is 7. The third-order valence-electron chi connectivity index (χ3n) is 8.32. The topological polar surface area (TPSA) is 170 Å². The van der Waals surface area contributed by atoms with Gasteiger partial charge in [0.05, 0.1) is 25.1 Å². The van der Waals surface area contributed by atoms with Gasteiger partial charge in [0, 0.05) is 35.7 Å². The number of aliphatic hydroxyl groups is 1. The third kappa shape index (κ3) is 7.42. The van der Waals surface area contributed by atoms with Crippen molar-refractivity contribution in [3.63, 3.8) is 0 Å². The second-order valence-electron chi connectivity index (χ2n) is 11.2. The normalized spacial score (nSPS) is 20.4. The Morgan fingerprint density at radius 3 is 1.95 bits per heavy atom.